The monoisotopic (exact) mass is 451 g/mol. The molecule has 0 aliphatic heterocycles. The fraction of sp³-hybridized carbons (Fsp3) is 0.304. The van der Waals surface area contributed by atoms with Crippen LogP contribution < -0.4 is 5.32 Å². The lowest BCUT2D eigenvalue weighted by Gasteiger charge is -2.11. The molecular formula is C23H22ClN5OS. The first-order valence-electron chi connectivity index (χ1n) is 10.3. The summed E-state index contributed by atoms with van der Waals surface area (Å²) >= 11 is 7.54. The maximum Gasteiger partial charge on any atom is 0.233 e. The Morgan fingerprint density at radius 2 is 2.10 bits per heavy atom. The van der Waals surface area contributed by atoms with Gasteiger partial charge in [-0.1, -0.05) is 47.1 Å². The number of halogens is 1. The predicted molar refractivity (Wildman–Crippen MR) is 125 cm³/mol. The van der Waals surface area contributed by atoms with E-state index in [-0.39, 0.29) is 11.2 Å². The van der Waals surface area contributed by atoms with Gasteiger partial charge in [-0.15, -0.1) is 10.2 Å². The van der Waals surface area contributed by atoms with Crippen molar-refractivity contribution < 1.29 is 4.79 Å². The van der Waals surface area contributed by atoms with E-state index in [1.165, 1.54) is 11.8 Å². The zero-order chi connectivity index (χ0) is 21.5. The van der Waals surface area contributed by atoms with Gasteiger partial charge in [-0.3, -0.25) is 4.79 Å². The number of fused-ring (bicyclic) bond motifs is 3. The van der Waals surface area contributed by atoms with E-state index in [1.807, 2.05) is 31.2 Å². The van der Waals surface area contributed by atoms with Crippen LogP contribution in [0.5, 0.6) is 0 Å². The molecule has 2 aromatic heterocycles. The number of carbonyl (C=O) groups is 1. The maximum absolute atomic E-state index is 12.4. The summed E-state index contributed by atoms with van der Waals surface area (Å²) in [4.78, 5) is 17.2. The van der Waals surface area contributed by atoms with Crippen molar-refractivity contribution in [3.63, 3.8) is 0 Å². The van der Waals surface area contributed by atoms with Gasteiger partial charge in [0, 0.05) is 23.0 Å². The normalized spacial score (nSPS) is 14.8. The minimum Gasteiger partial charge on any atom is -0.352 e. The van der Waals surface area contributed by atoms with Gasteiger partial charge in [-0.25, -0.2) is 4.98 Å². The molecule has 4 aromatic rings. The second kappa shape index (κ2) is 8.13. The summed E-state index contributed by atoms with van der Waals surface area (Å²) in [6.45, 7) is 4.55. The third kappa shape index (κ3) is 4.25. The van der Waals surface area contributed by atoms with Gasteiger partial charge in [-0.05, 0) is 56.5 Å². The molecule has 1 unspecified atom stereocenters. The Kier molecular flexibility index (Phi) is 5.32. The van der Waals surface area contributed by atoms with Gasteiger partial charge in [0.05, 0.1) is 10.8 Å². The molecule has 1 atom stereocenters. The van der Waals surface area contributed by atoms with Gasteiger partial charge in [0.1, 0.15) is 5.52 Å². The number of hydrogen-bond donors (Lipinski definition) is 1. The molecule has 1 aliphatic rings. The van der Waals surface area contributed by atoms with Crippen LogP contribution >= 0.6 is 23.4 Å². The molecule has 5 rings (SSSR count). The highest BCUT2D eigenvalue weighted by Gasteiger charge is 2.27. The highest BCUT2D eigenvalue weighted by Crippen LogP contribution is 2.30. The van der Waals surface area contributed by atoms with Crippen LogP contribution in [0.4, 0.5) is 0 Å². The van der Waals surface area contributed by atoms with E-state index in [2.05, 4.69) is 45.2 Å². The van der Waals surface area contributed by atoms with Gasteiger partial charge < -0.3 is 9.88 Å². The largest absolute Gasteiger partial charge is 0.352 e. The summed E-state index contributed by atoms with van der Waals surface area (Å²) in [5.41, 5.74) is 4.80. The van der Waals surface area contributed by atoms with Gasteiger partial charge >= 0.3 is 0 Å². The van der Waals surface area contributed by atoms with E-state index in [9.17, 15) is 4.79 Å². The molecule has 1 N–H and O–H groups in total. The molecule has 2 aromatic carbocycles. The molecule has 0 saturated heterocycles. The van der Waals surface area contributed by atoms with Crippen LogP contribution in [0.1, 0.15) is 30.9 Å². The third-order valence-electron chi connectivity index (χ3n) is 5.41. The number of thioether (sulfide) groups is 1. The van der Waals surface area contributed by atoms with E-state index < -0.39 is 0 Å². The quantitative estimate of drug-likeness (QED) is 0.428. The van der Waals surface area contributed by atoms with E-state index in [1.54, 1.807) is 0 Å². The smallest absolute Gasteiger partial charge is 0.233 e. The number of hydrogen-bond acceptors (Lipinski definition) is 5. The molecule has 0 radical (unpaired) electrons. The Morgan fingerprint density at radius 3 is 2.87 bits per heavy atom. The molecule has 1 amide bonds. The van der Waals surface area contributed by atoms with Crippen LogP contribution in [-0.2, 0) is 11.3 Å². The summed E-state index contributed by atoms with van der Waals surface area (Å²) in [5.74, 6) is 0.0197. The van der Waals surface area contributed by atoms with Crippen LogP contribution in [0.3, 0.4) is 0 Å². The molecule has 0 spiro atoms. The summed E-state index contributed by atoms with van der Waals surface area (Å²) in [6, 6.07) is 14.5. The minimum atomic E-state index is -0.284. The number of aromatic nitrogens is 4. The van der Waals surface area contributed by atoms with Gasteiger partial charge in [0.2, 0.25) is 11.1 Å². The first-order chi connectivity index (χ1) is 15.0. The predicted octanol–water partition coefficient (Wildman–Crippen LogP) is 4.75. The molecule has 8 heteroatoms. The lowest BCUT2D eigenvalue weighted by molar-refractivity contribution is -0.120. The van der Waals surface area contributed by atoms with Crippen molar-refractivity contribution in [3.05, 3.63) is 58.6 Å². The standard InChI is InChI=1S/C23H22ClN5OS/c1-13-6-9-19-18(10-13)20-21(29(19)12-15-4-3-5-16(24)11-15)26-23(28-27-20)31-14(2)22(30)25-17-7-8-17/h3-6,9-11,14,17H,7-8,12H2,1-2H3,(H,25,30). The summed E-state index contributed by atoms with van der Waals surface area (Å²) in [5, 5.41) is 13.8. The number of amides is 1. The first kappa shape index (κ1) is 20.3. The lowest BCUT2D eigenvalue weighted by atomic mass is 10.1. The van der Waals surface area contributed by atoms with Gasteiger partial charge in [-0.2, -0.15) is 0 Å². The molecule has 6 nitrogen and oxygen atoms in total. The van der Waals surface area contributed by atoms with Gasteiger partial charge in [0.15, 0.2) is 5.65 Å². The summed E-state index contributed by atoms with van der Waals surface area (Å²) in [7, 11) is 0. The topological polar surface area (TPSA) is 72.7 Å². The average Bonchev–Trinajstić information content (AvgIpc) is 3.51. The SMILES string of the molecule is Cc1ccc2c(c1)c1nnc(SC(C)C(=O)NC3CC3)nc1n2Cc1cccc(Cl)c1. The van der Waals surface area contributed by atoms with Crippen molar-refractivity contribution in [1.82, 2.24) is 25.1 Å². The molecule has 1 saturated carbocycles. The molecular weight excluding hydrogens is 430 g/mol. The van der Waals surface area contributed by atoms with Crippen molar-refractivity contribution in [3.8, 4) is 0 Å². The highest BCUT2D eigenvalue weighted by atomic mass is 35.5. The molecule has 0 bridgehead atoms. The molecule has 1 fully saturated rings. The van der Waals surface area contributed by atoms with Crippen LogP contribution in [0.25, 0.3) is 22.1 Å². The molecule has 31 heavy (non-hydrogen) atoms. The zero-order valence-corrected chi connectivity index (χ0v) is 18.9. The van der Waals surface area contributed by atoms with E-state index in [0.717, 1.165) is 46.0 Å². The number of rotatable bonds is 6. The first-order valence-corrected chi connectivity index (χ1v) is 11.6. The van der Waals surface area contributed by atoms with Crippen LogP contribution in [0.15, 0.2) is 47.6 Å². The average molecular weight is 452 g/mol. The number of nitrogens with one attached hydrogen (secondary N) is 1. The van der Waals surface area contributed by atoms with Crippen molar-refractivity contribution in [2.75, 3.05) is 0 Å². The van der Waals surface area contributed by atoms with E-state index >= 15 is 0 Å². The Labute approximate surface area is 189 Å². The Bertz CT molecular complexity index is 1300. The van der Waals surface area contributed by atoms with Crippen molar-refractivity contribution >= 4 is 51.3 Å². The number of nitrogens with zero attached hydrogens (tertiary/aromatic N) is 4. The Hall–Kier alpha value is -2.64. The van der Waals surface area contributed by atoms with Gasteiger partial charge in [0.25, 0.3) is 0 Å². The fourth-order valence-corrected chi connectivity index (χ4v) is 4.57. The van der Waals surface area contributed by atoms with E-state index in [0.29, 0.717) is 22.8 Å². The van der Waals surface area contributed by atoms with Crippen LogP contribution in [0, 0.1) is 6.92 Å². The molecule has 1 aliphatic carbocycles. The van der Waals surface area contributed by atoms with Crippen molar-refractivity contribution in [1.29, 1.82) is 0 Å². The molecule has 158 valence electrons. The Balaban J connectivity index is 1.55. The maximum atomic E-state index is 12.4. The van der Waals surface area contributed by atoms with Crippen LogP contribution in [0.2, 0.25) is 5.02 Å². The van der Waals surface area contributed by atoms with Crippen molar-refractivity contribution in [2.45, 2.75) is 49.7 Å². The third-order valence-corrected chi connectivity index (χ3v) is 6.59. The number of aryl methyl sites for hydroxylation is 1. The lowest BCUT2D eigenvalue weighted by Crippen LogP contribution is -2.32. The van der Waals surface area contributed by atoms with Crippen LogP contribution in [-0.4, -0.2) is 36.9 Å². The molecule has 2 heterocycles. The zero-order valence-electron chi connectivity index (χ0n) is 17.3. The highest BCUT2D eigenvalue weighted by molar-refractivity contribution is 8.00. The summed E-state index contributed by atoms with van der Waals surface area (Å²) < 4.78 is 2.14. The number of carbonyl (C=O) groups excluding carboxylic acids is 1. The second-order valence-corrected chi connectivity index (χ2v) is 9.79. The van der Waals surface area contributed by atoms with Crippen molar-refractivity contribution in [2.24, 2.45) is 0 Å². The number of benzene rings is 2. The van der Waals surface area contributed by atoms with E-state index in [4.69, 9.17) is 16.6 Å². The Morgan fingerprint density at radius 1 is 1.26 bits per heavy atom. The second-order valence-electron chi connectivity index (χ2n) is 8.05. The minimum absolute atomic E-state index is 0.0197. The fourth-order valence-electron chi connectivity index (χ4n) is 3.64. The summed E-state index contributed by atoms with van der Waals surface area (Å²) in [6.07, 6.45) is 2.13.